The molecule has 7 heteroatoms. The minimum absolute atomic E-state index is 0.0335. The van der Waals surface area contributed by atoms with Gasteiger partial charge in [-0.2, -0.15) is 0 Å². The Morgan fingerprint density at radius 3 is 2.86 bits per heavy atom. The van der Waals surface area contributed by atoms with E-state index >= 15 is 0 Å². The van der Waals surface area contributed by atoms with Crippen LogP contribution in [0.3, 0.4) is 0 Å². The van der Waals surface area contributed by atoms with Gasteiger partial charge in [0.1, 0.15) is 12.1 Å². The molecule has 0 amide bonds. The summed E-state index contributed by atoms with van der Waals surface area (Å²) in [6, 6.07) is 10.1. The van der Waals surface area contributed by atoms with Crippen LogP contribution < -0.4 is 0 Å². The molecule has 4 nitrogen and oxygen atoms in total. The van der Waals surface area contributed by atoms with Crippen LogP contribution in [0.5, 0.6) is 0 Å². The molecule has 0 bridgehead atoms. The summed E-state index contributed by atoms with van der Waals surface area (Å²) in [7, 11) is 0. The number of aromatic nitrogens is 3. The molecule has 0 aliphatic rings. The number of hydrogen-bond donors (Lipinski definition) is 0. The van der Waals surface area contributed by atoms with E-state index in [-0.39, 0.29) is 17.4 Å². The highest BCUT2D eigenvalue weighted by molar-refractivity contribution is 7.99. The molecule has 3 aromatic rings. The third kappa shape index (κ3) is 3.10. The van der Waals surface area contributed by atoms with Crippen LogP contribution in [0.4, 0.5) is 4.39 Å². The summed E-state index contributed by atoms with van der Waals surface area (Å²) >= 11 is 2.72. The number of para-hydroxylation sites is 1. The van der Waals surface area contributed by atoms with Crippen molar-refractivity contribution in [2.75, 3.05) is 5.75 Å². The largest absolute Gasteiger partial charge is 0.292 e. The predicted octanol–water partition coefficient (Wildman–Crippen LogP) is 3.75. The molecule has 2 aromatic heterocycles. The summed E-state index contributed by atoms with van der Waals surface area (Å²) in [5.74, 6) is -0.0804. The highest BCUT2D eigenvalue weighted by Gasteiger charge is 2.14. The Bertz CT molecular complexity index is 812. The van der Waals surface area contributed by atoms with Crippen LogP contribution in [0.25, 0.3) is 5.69 Å². The van der Waals surface area contributed by atoms with Crippen LogP contribution in [0.15, 0.2) is 47.9 Å². The molecule has 0 aliphatic carbocycles. The van der Waals surface area contributed by atoms with Crippen LogP contribution in [-0.4, -0.2) is 26.3 Å². The van der Waals surface area contributed by atoms with Gasteiger partial charge in [0, 0.05) is 4.88 Å². The first-order valence-corrected chi connectivity index (χ1v) is 8.33. The van der Waals surface area contributed by atoms with Gasteiger partial charge in [0.25, 0.3) is 0 Å². The Labute approximate surface area is 135 Å². The molecule has 0 N–H and O–H groups in total. The third-order valence-corrected chi connectivity index (χ3v) is 4.96. The second kappa shape index (κ2) is 6.41. The van der Waals surface area contributed by atoms with Gasteiger partial charge in [0.2, 0.25) is 0 Å². The zero-order chi connectivity index (χ0) is 15.5. The number of Topliss-reactive ketones (excluding diaryl/α,β-unsaturated/α-hetero) is 1. The lowest BCUT2D eigenvalue weighted by atomic mass is 10.3. The molecule has 0 radical (unpaired) electrons. The molecule has 0 aliphatic heterocycles. The number of rotatable bonds is 5. The predicted molar refractivity (Wildman–Crippen MR) is 85.4 cm³/mol. The van der Waals surface area contributed by atoms with Gasteiger partial charge in [-0.3, -0.25) is 9.36 Å². The van der Waals surface area contributed by atoms with Crippen molar-refractivity contribution in [3.05, 3.63) is 58.3 Å². The van der Waals surface area contributed by atoms with E-state index in [0.717, 1.165) is 9.75 Å². The van der Waals surface area contributed by atoms with Crippen LogP contribution in [0.1, 0.15) is 14.5 Å². The molecular formula is C15H12FN3OS2. The summed E-state index contributed by atoms with van der Waals surface area (Å²) < 4.78 is 15.4. The lowest BCUT2D eigenvalue weighted by molar-refractivity contribution is 0.102. The molecular weight excluding hydrogens is 321 g/mol. The summed E-state index contributed by atoms with van der Waals surface area (Å²) in [5, 5.41) is 8.27. The van der Waals surface area contributed by atoms with E-state index in [2.05, 4.69) is 10.2 Å². The number of thioether (sulfide) groups is 1. The van der Waals surface area contributed by atoms with Crippen molar-refractivity contribution in [2.45, 2.75) is 12.1 Å². The number of benzene rings is 1. The standard InChI is InChI=1S/C15H12FN3OS2/c1-10-6-7-14(22-10)13(20)8-21-15-18-17-9-19(15)12-5-3-2-4-11(12)16/h2-7,9H,8H2,1H3. The Balaban J connectivity index is 1.76. The fourth-order valence-electron chi connectivity index (χ4n) is 1.92. The first-order chi connectivity index (χ1) is 10.6. The number of nitrogens with zero attached hydrogens (tertiary/aromatic N) is 3. The highest BCUT2D eigenvalue weighted by Crippen LogP contribution is 2.23. The van der Waals surface area contributed by atoms with Gasteiger partial charge < -0.3 is 0 Å². The lowest BCUT2D eigenvalue weighted by Crippen LogP contribution is -2.03. The topological polar surface area (TPSA) is 47.8 Å². The van der Waals surface area contributed by atoms with E-state index in [0.29, 0.717) is 10.8 Å². The number of carbonyl (C=O) groups is 1. The van der Waals surface area contributed by atoms with Crippen molar-refractivity contribution in [2.24, 2.45) is 0 Å². The smallest absolute Gasteiger partial charge is 0.196 e. The number of ketones is 1. The van der Waals surface area contributed by atoms with Crippen molar-refractivity contribution in [1.82, 2.24) is 14.8 Å². The molecule has 0 saturated carbocycles. The fourth-order valence-corrected chi connectivity index (χ4v) is 3.62. The first kappa shape index (κ1) is 14.9. The van der Waals surface area contributed by atoms with Crippen LogP contribution in [0, 0.1) is 12.7 Å². The number of thiophene rings is 1. The highest BCUT2D eigenvalue weighted by atomic mass is 32.2. The van der Waals surface area contributed by atoms with Crippen molar-refractivity contribution >= 4 is 28.9 Å². The molecule has 112 valence electrons. The normalized spacial score (nSPS) is 10.8. The van der Waals surface area contributed by atoms with E-state index in [1.165, 1.54) is 35.5 Å². The molecule has 0 spiro atoms. The number of hydrogen-bond acceptors (Lipinski definition) is 5. The molecule has 2 heterocycles. The Kier molecular flexibility index (Phi) is 4.35. The summed E-state index contributed by atoms with van der Waals surface area (Å²) in [4.78, 5) is 13.9. The molecule has 22 heavy (non-hydrogen) atoms. The molecule has 0 unspecified atom stereocenters. The average molecular weight is 333 g/mol. The second-order valence-corrected chi connectivity index (χ2v) is 6.79. The fraction of sp³-hybridized carbons (Fsp3) is 0.133. The van der Waals surface area contributed by atoms with E-state index in [9.17, 15) is 9.18 Å². The van der Waals surface area contributed by atoms with Crippen molar-refractivity contribution < 1.29 is 9.18 Å². The zero-order valence-electron chi connectivity index (χ0n) is 11.7. The Hall–Kier alpha value is -1.99. The van der Waals surface area contributed by atoms with Gasteiger partial charge in [0.15, 0.2) is 10.9 Å². The van der Waals surface area contributed by atoms with Crippen LogP contribution >= 0.6 is 23.1 Å². The zero-order valence-corrected chi connectivity index (χ0v) is 13.3. The monoisotopic (exact) mass is 333 g/mol. The second-order valence-electron chi connectivity index (χ2n) is 4.56. The van der Waals surface area contributed by atoms with Crippen molar-refractivity contribution in [1.29, 1.82) is 0 Å². The number of carbonyl (C=O) groups excluding carboxylic acids is 1. The Morgan fingerprint density at radius 1 is 1.32 bits per heavy atom. The van der Waals surface area contributed by atoms with E-state index in [4.69, 9.17) is 0 Å². The molecule has 0 atom stereocenters. The first-order valence-electron chi connectivity index (χ1n) is 6.52. The minimum atomic E-state index is -0.357. The maximum Gasteiger partial charge on any atom is 0.196 e. The maximum atomic E-state index is 13.8. The lowest BCUT2D eigenvalue weighted by Gasteiger charge is -2.06. The van der Waals surface area contributed by atoms with Gasteiger partial charge in [-0.05, 0) is 31.2 Å². The molecule has 0 saturated heterocycles. The van der Waals surface area contributed by atoms with Gasteiger partial charge in [-0.25, -0.2) is 4.39 Å². The SMILES string of the molecule is Cc1ccc(C(=O)CSc2nncn2-c2ccccc2F)s1. The van der Waals surface area contributed by atoms with Crippen LogP contribution in [0.2, 0.25) is 0 Å². The quantitative estimate of drug-likeness (QED) is 0.527. The Morgan fingerprint density at radius 2 is 2.14 bits per heavy atom. The maximum absolute atomic E-state index is 13.8. The molecule has 0 fully saturated rings. The summed E-state index contributed by atoms with van der Waals surface area (Å²) in [6.45, 7) is 1.96. The van der Waals surface area contributed by atoms with Crippen molar-refractivity contribution in [3.8, 4) is 5.69 Å². The molecule has 3 rings (SSSR count). The summed E-state index contributed by atoms with van der Waals surface area (Å²) in [6.07, 6.45) is 1.44. The summed E-state index contributed by atoms with van der Waals surface area (Å²) in [5.41, 5.74) is 0.370. The average Bonchev–Trinajstić information content (AvgIpc) is 3.14. The number of aryl methyl sites for hydroxylation is 1. The van der Waals surface area contributed by atoms with Gasteiger partial charge in [0.05, 0.1) is 16.3 Å². The van der Waals surface area contributed by atoms with Gasteiger partial charge in [-0.15, -0.1) is 21.5 Å². The number of halogens is 1. The van der Waals surface area contributed by atoms with Gasteiger partial charge >= 0.3 is 0 Å². The molecule has 1 aromatic carbocycles. The van der Waals surface area contributed by atoms with E-state index < -0.39 is 0 Å². The van der Waals surface area contributed by atoms with E-state index in [1.54, 1.807) is 22.8 Å². The third-order valence-electron chi connectivity index (χ3n) is 2.98. The van der Waals surface area contributed by atoms with Gasteiger partial charge in [-0.1, -0.05) is 23.9 Å². The van der Waals surface area contributed by atoms with Crippen LogP contribution in [-0.2, 0) is 0 Å². The minimum Gasteiger partial charge on any atom is -0.292 e. The van der Waals surface area contributed by atoms with Crippen molar-refractivity contribution in [3.63, 3.8) is 0 Å². The van der Waals surface area contributed by atoms with E-state index in [1.807, 2.05) is 19.1 Å².